The molecule has 2 heteroatoms. The lowest BCUT2D eigenvalue weighted by atomic mass is 9.84. The van der Waals surface area contributed by atoms with Crippen LogP contribution in [0.1, 0.15) is 66.7 Å². The second kappa shape index (κ2) is 9.41. The molecule has 18 heavy (non-hydrogen) atoms. The Morgan fingerprint density at radius 1 is 0.944 bits per heavy atom. The van der Waals surface area contributed by atoms with Crippen molar-refractivity contribution in [3.05, 3.63) is 0 Å². The molecular formula is C16H32O2. The first-order chi connectivity index (χ1) is 8.40. The Bertz CT molecular complexity index is 225. The van der Waals surface area contributed by atoms with E-state index in [0.717, 1.165) is 18.3 Å². The van der Waals surface area contributed by atoms with E-state index in [-0.39, 0.29) is 11.9 Å². The zero-order chi connectivity index (χ0) is 14.1. The molecule has 0 rings (SSSR count). The molecule has 0 aliphatic rings. The summed E-state index contributed by atoms with van der Waals surface area (Å²) in [5, 5.41) is 0. The Morgan fingerprint density at radius 2 is 1.44 bits per heavy atom. The zero-order valence-corrected chi connectivity index (χ0v) is 13.2. The van der Waals surface area contributed by atoms with Crippen molar-refractivity contribution < 1.29 is 9.53 Å². The lowest BCUT2D eigenvalue weighted by Gasteiger charge is -2.22. The molecule has 0 bridgehead atoms. The van der Waals surface area contributed by atoms with E-state index in [1.807, 2.05) is 6.92 Å². The van der Waals surface area contributed by atoms with Crippen LogP contribution in [-0.2, 0) is 9.53 Å². The SMILES string of the molecule is CCC[C@@H](C)C[C@@H](C)C[C@@H](C)C[C@@H](C)C(=O)OC. The molecule has 0 aromatic heterocycles. The molecule has 0 saturated carbocycles. The van der Waals surface area contributed by atoms with Gasteiger partial charge >= 0.3 is 5.97 Å². The van der Waals surface area contributed by atoms with Crippen LogP contribution in [0.15, 0.2) is 0 Å². The van der Waals surface area contributed by atoms with Gasteiger partial charge in [0.2, 0.25) is 0 Å². The zero-order valence-electron chi connectivity index (χ0n) is 13.2. The monoisotopic (exact) mass is 256 g/mol. The third-order valence-electron chi connectivity index (χ3n) is 3.75. The van der Waals surface area contributed by atoms with Crippen molar-refractivity contribution in [1.82, 2.24) is 0 Å². The second-order valence-electron chi connectivity index (χ2n) is 6.24. The van der Waals surface area contributed by atoms with E-state index in [2.05, 4.69) is 27.7 Å². The Labute approximate surface area is 113 Å². The third-order valence-corrected chi connectivity index (χ3v) is 3.75. The molecule has 0 aromatic rings. The van der Waals surface area contributed by atoms with Crippen molar-refractivity contribution in [3.63, 3.8) is 0 Å². The molecular weight excluding hydrogens is 224 g/mol. The lowest BCUT2D eigenvalue weighted by Crippen LogP contribution is -2.17. The summed E-state index contributed by atoms with van der Waals surface area (Å²) in [5.41, 5.74) is 0. The third kappa shape index (κ3) is 7.73. The number of rotatable bonds is 9. The largest absolute Gasteiger partial charge is 0.469 e. The van der Waals surface area contributed by atoms with E-state index in [4.69, 9.17) is 4.74 Å². The van der Waals surface area contributed by atoms with Crippen molar-refractivity contribution in [1.29, 1.82) is 0 Å². The fraction of sp³-hybridized carbons (Fsp3) is 0.938. The molecule has 2 nitrogen and oxygen atoms in total. The number of ether oxygens (including phenoxy) is 1. The molecule has 4 atom stereocenters. The molecule has 0 aliphatic carbocycles. The van der Waals surface area contributed by atoms with Crippen molar-refractivity contribution in [2.24, 2.45) is 23.7 Å². The molecule has 0 saturated heterocycles. The number of methoxy groups -OCH3 is 1. The average molecular weight is 256 g/mol. The van der Waals surface area contributed by atoms with Gasteiger partial charge in [-0.25, -0.2) is 0 Å². The minimum absolute atomic E-state index is 0.0327. The van der Waals surface area contributed by atoms with Crippen LogP contribution in [-0.4, -0.2) is 13.1 Å². The van der Waals surface area contributed by atoms with Gasteiger partial charge in [0.1, 0.15) is 0 Å². The van der Waals surface area contributed by atoms with E-state index in [9.17, 15) is 4.79 Å². The summed E-state index contributed by atoms with van der Waals surface area (Å²) in [5.74, 6) is 2.14. The average Bonchev–Trinajstić information content (AvgIpc) is 2.27. The van der Waals surface area contributed by atoms with Gasteiger partial charge in [-0.3, -0.25) is 4.79 Å². The lowest BCUT2D eigenvalue weighted by molar-refractivity contribution is -0.145. The number of hydrogen-bond acceptors (Lipinski definition) is 2. The van der Waals surface area contributed by atoms with Gasteiger partial charge in [-0.15, -0.1) is 0 Å². The number of hydrogen-bond donors (Lipinski definition) is 0. The number of carbonyl (C=O) groups is 1. The highest BCUT2D eigenvalue weighted by Crippen LogP contribution is 2.25. The van der Waals surface area contributed by atoms with Crippen LogP contribution < -0.4 is 0 Å². The molecule has 0 heterocycles. The van der Waals surface area contributed by atoms with Crippen LogP contribution >= 0.6 is 0 Å². The summed E-state index contributed by atoms with van der Waals surface area (Å²) in [7, 11) is 1.47. The molecule has 0 amide bonds. The quantitative estimate of drug-likeness (QED) is 0.560. The van der Waals surface area contributed by atoms with Gasteiger partial charge in [-0.2, -0.15) is 0 Å². The van der Waals surface area contributed by atoms with Crippen molar-refractivity contribution >= 4 is 5.97 Å². The summed E-state index contributed by atoms with van der Waals surface area (Å²) < 4.78 is 4.78. The summed E-state index contributed by atoms with van der Waals surface area (Å²) >= 11 is 0. The van der Waals surface area contributed by atoms with E-state index >= 15 is 0 Å². The van der Waals surface area contributed by atoms with Crippen molar-refractivity contribution in [2.75, 3.05) is 7.11 Å². The molecule has 0 aliphatic heterocycles. The first-order valence-electron chi connectivity index (χ1n) is 7.48. The fourth-order valence-corrected chi connectivity index (χ4v) is 3.08. The maximum Gasteiger partial charge on any atom is 0.308 e. The summed E-state index contributed by atoms with van der Waals surface area (Å²) in [6, 6.07) is 0. The normalized spacial score (nSPS) is 17.9. The highest BCUT2D eigenvalue weighted by Gasteiger charge is 2.19. The summed E-state index contributed by atoms with van der Waals surface area (Å²) in [6.45, 7) is 11.2. The summed E-state index contributed by atoms with van der Waals surface area (Å²) in [6.07, 6.45) is 6.08. The molecule has 0 N–H and O–H groups in total. The van der Waals surface area contributed by atoms with Gasteiger partial charge in [0.15, 0.2) is 0 Å². The van der Waals surface area contributed by atoms with Crippen LogP contribution in [0.4, 0.5) is 0 Å². The predicted octanol–water partition coefficient (Wildman–Crippen LogP) is 4.67. The Balaban J connectivity index is 3.92. The maximum absolute atomic E-state index is 11.4. The van der Waals surface area contributed by atoms with Gasteiger partial charge in [-0.1, -0.05) is 47.5 Å². The van der Waals surface area contributed by atoms with Crippen LogP contribution in [0.5, 0.6) is 0 Å². The van der Waals surface area contributed by atoms with Gasteiger partial charge in [0, 0.05) is 0 Å². The molecule has 0 radical (unpaired) electrons. The highest BCUT2D eigenvalue weighted by molar-refractivity contribution is 5.71. The Hall–Kier alpha value is -0.530. The fourth-order valence-electron chi connectivity index (χ4n) is 3.08. The predicted molar refractivity (Wildman–Crippen MR) is 77.4 cm³/mol. The maximum atomic E-state index is 11.4. The van der Waals surface area contributed by atoms with Gasteiger partial charge in [0.25, 0.3) is 0 Å². The Morgan fingerprint density at radius 3 is 1.94 bits per heavy atom. The highest BCUT2D eigenvalue weighted by atomic mass is 16.5. The standard InChI is InChI=1S/C16H32O2/c1-7-8-12(2)9-13(3)10-14(4)11-15(5)16(17)18-6/h12-15H,7-11H2,1-6H3/t12-,13-,14-,15-/m1/s1. The minimum Gasteiger partial charge on any atom is -0.469 e. The molecule has 0 aromatic carbocycles. The molecule has 108 valence electrons. The van der Waals surface area contributed by atoms with Crippen molar-refractivity contribution in [3.8, 4) is 0 Å². The first-order valence-corrected chi connectivity index (χ1v) is 7.48. The van der Waals surface area contributed by atoms with Crippen LogP contribution in [0.25, 0.3) is 0 Å². The van der Waals surface area contributed by atoms with Crippen LogP contribution in [0, 0.1) is 23.7 Å². The number of carbonyl (C=O) groups excluding carboxylic acids is 1. The molecule has 0 unspecified atom stereocenters. The van der Waals surface area contributed by atoms with Gasteiger partial charge in [-0.05, 0) is 37.0 Å². The van der Waals surface area contributed by atoms with Crippen LogP contribution in [0.2, 0.25) is 0 Å². The van der Waals surface area contributed by atoms with E-state index < -0.39 is 0 Å². The van der Waals surface area contributed by atoms with Gasteiger partial charge < -0.3 is 4.74 Å². The van der Waals surface area contributed by atoms with Gasteiger partial charge in [0.05, 0.1) is 13.0 Å². The van der Waals surface area contributed by atoms with E-state index in [0.29, 0.717) is 5.92 Å². The Kier molecular flexibility index (Phi) is 9.13. The topological polar surface area (TPSA) is 26.3 Å². The minimum atomic E-state index is -0.0751. The molecule has 0 spiro atoms. The summed E-state index contributed by atoms with van der Waals surface area (Å²) in [4.78, 5) is 11.4. The number of esters is 1. The van der Waals surface area contributed by atoms with Crippen LogP contribution in [0.3, 0.4) is 0 Å². The van der Waals surface area contributed by atoms with E-state index in [1.54, 1.807) is 0 Å². The van der Waals surface area contributed by atoms with E-state index in [1.165, 1.54) is 32.8 Å². The molecule has 0 fully saturated rings. The van der Waals surface area contributed by atoms with Crippen molar-refractivity contribution in [2.45, 2.75) is 66.7 Å². The first kappa shape index (κ1) is 17.5. The second-order valence-corrected chi connectivity index (χ2v) is 6.24. The smallest absolute Gasteiger partial charge is 0.308 e.